The van der Waals surface area contributed by atoms with Crippen LogP contribution in [-0.4, -0.2) is 16.2 Å². The summed E-state index contributed by atoms with van der Waals surface area (Å²) in [7, 11) is -1.05. The summed E-state index contributed by atoms with van der Waals surface area (Å²) in [6.45, 7) is 2.00. The van der Waals surface area contributed by atoms with Gasteiger partial charge in [-0.25, -0.2) is 4.21 Å². The third kappa shape index (κ3) is 3.99. The molecule has 2 nitrogen and oxygen atoms in total. The van der Waals surface area contributed by atoms with Gasteiger partial charge in [0.15, 0.2) is 0 Å². The number of hydrogen-bond donors (Lipinski definition) is 0. The van der Waals surface area contributed by atoms with Crippen LogP contribution >= 0.6 is 0 Å². The molecule has 0 saturated carbocycles. The van der Waals surface area contributed by atoms with Gasteiger partial charge in [0.2, 0.25) is 0 Å². The molecule has 0 heterocycles. The second-order valence-electron chi connectivity index (χ2n) is 2.67. The molecule has 0 saturated heterocycles. The van der Waals surface area contributed by atoms with Crippen molar-refractivity contribution >= 4 is 17.2 Å². The van der Waals surface area contributed by atoms with Gasteiger partial charge in [0.25, 0.3) is 0 Å². The normalized spacial score (nSPS) is 13.3. The molecule has 0 aliphatic rings. The van der Waals surface area contributed by atoms with Crippen molar-refractivity contribution in [1.82, 2.24) is 0 Å². The maximum atomic E-state index is 11.1. The van der Waals surface area contributed by atoms with Crippen LogP contribution in [0.1, 0.15) is 18.9 Å². The van der Waals surface area contributed by atoms with E-state index in [2.05, 4.69) is 4.40 Å². The minimum Gasteiger partial charge on any atom is -0.235 e. The number of benzene rings is 1. The molecule has 0 bridgehead atoms. The Labute approximate surface area is 81.3 Å². The molecule has 0 aromatic heterocycles. The van der Waals surface area contributed by atoms with Gasteiger partial charge in [0, 0.05) is 12.0 Å². The van der Waals surface area contributed by atoms with Crippen LogP contribution in [0.25, 0.3) is 0 Å². The molecule has 1 unspecified atom stereocenters. The predicted molar refractivity (Wildman–Crippen MR) is 57.3 cm³/mol. The Morgan fingerprint density at radius 1 is 1.38 bits per heavy atom. The fourth-order valence-electron chi connectivity index (χ4n) is 0.886. The van der Waals surface area contributed by atoms with Crippen molar-refractivity contribution in [2.24, 2.45) is 4.40 Å². The third-order valence-corrected chi connectivity index (χ3v) is 2.60. The minimum absolute atomic E-state index is 0.642. The van der Waals surface area contributed by atoms with Crippen molar-refractivity contribution < 1.29 is 4.21 Å². The summed E-state index contributed by atoms with van der Waals surface area (Å²) in [6, 6.07) is 9.69. The van der Waals surface area contributed by atoms with Crippen LogP contribution in [0, 0.1) is 0 Å². The summed E-state index contributed by atoms with van der Waals surface area (Å²) in [4.78, 5) is 0. The average Bonchev–Trinajstić information content (AvgIpc) is 2.17. The minimum atomic E-state index is -1.05. The second kappa shape index (κ2) is 5.65. The van der Waals surface area contributed by atoms with Gasteiger partial charge in [0.05, 0.1) is 0 Å². The summed E-state index contributed by atoms with van der Waals surface area (Å²) in [6.07, 6.45) is 2.56. The fraction of sp³-hybridized carbons (Fsp3) is 0.300. The van der Waals surface area contributed by atoms with Crippen LogP contribution in [0.15, 0.2) is 34.7 Å². The van der Waals surface area contributed by atoms with E-state index in [1.807, 2.05) is 37.3 Å². The molecule has 1 aromatic carbocycles. The van der Waals surface area contributed by atoms with Crippen LogP contribution < -0.4 is 0 Å². The number of hydrogen-bond acceptors (Lipinski definition) is 1. The molecule has 13 heavy (non-hydrogen) atoms. The Balaban J connectivity index is 2.54. The summed E-state index contributed by atoms with van der Waals surface area (Å²) in [5.41, 5.74) is 0.993. The zero-order valence-electron chi connectivity index (χ0n) is 7.64. The molecule has 0 amide bonds. The Morgan fingerprint density at radius 2 is 2.08 bits per heavy atom. The van der Waals surface area contributed by atoms with Crippen molar-refractivity contribution in [3.05, 3.63) is 35.9 Å². The molecule has 1 aromatic rings. The quantitative estimate of drug-likeness (QED) is 0.677. The topological polar surface area (TPSA) is 29.4 Å². The first-order valence-corrected chi connectivity index (χ1v) is 5.58. The van der Waals surface area contributed by atoms with E-state index in [0.717, 1.165) is 12.0 Å². The highest BCUT2D eigenvalue weighted by molar-refractivity contribution is 7.83. The molecule has 0 radical (unpaired) electrons. The van der Waals surface area contributed by atoms with Gasteiger partial charge >= 0.3 is 0 Å². The predicted octanol–water partition coefficient (Wildman–Crippen LogP) is 2.18. The van der Waals surface area contributed by atoms with Crippen LogP contribution in [-0.2, 0) is 11.0 Å². The zero-order chi connectivity index (χ0) is 9.52. The first kappa shape index (κ1) is 10.1. The van der Waals surface area contributed by atoms with Gasteiger partial charge < -0.3 is 0 Å². The van der Waals surface area contributed by atoms with Gasteiger partial charge in [-0.15, -0.1) is 0 Å². The largest absolute Gasteiger partial charge is 0.235 e. The Bertz CT molecular complexity index is 295. The molecule has 1 atom stereocenters. The Hall–Kier alpha value is -0.960. The highest BCUT2D eigenvalue weighted by Crippen LogP contribution is 1.95. The molecule has 0 spiro atoms. The van der Waals surface area contributed by atoms with E-state index < -0.39 is 11.0 Å². The number of nitrogens with zero attached hydrogens (tertiary/aromatic N) is 1. The summed E-state index contributed by atoms with van der Waals surface area (Å²) in [5.74, 6) is 0.642. The first-order valence-electron chi connectivity index (χ1n) is 4.30. The Morgan fingerprint density at radius 3 is 2.69 bits per heavy atom. The maximum absolute atomic E-state index is 11.1. The molecular formula is C10H13NOS. The van der Waals surface area contributed by atoms with Gasteiger partial charge in [0.1, 0.15) is 11.0 Å². The maximum Gasteiger partial charge on any atom is 0.139 e. The monoisotopic (exact) mass is 195 g/mol. The van der Waals surface area contributed by atoms with Crippen LogP contribution in [0.5, 0.6) is 0 Å². The summed E-state index contributed by atoms with van der Waals surface area (Å²) < 4.78 is 15.1. The van der Waals surface area contributed by atoms with Gasteiger partial charge in [-0.05, 0) is 12.0 Å². The SMILES string of the molecule is CCCS(=O)/N=C/c1ccccc1. The van der Waals surface area contributed by atoms with E-state index >= 15 is 0 Å². The average molecular weight is 195 g/mol. The standard InChI is InChI=1S/C10H13NOS/c1-2-8-13(12)11-9-10-6-4-3-5-7-10/h3-7,9H,2,8H2,1H3/b11-9+. The van der Waals surface area contributed by atoms with E-state index in [1.54, 1.807) is 6.21 Å². The van der Waals surface area contributed by atoms with Crippen molar-refractivity contribution in [2.75, 3.05) is 5.75 Å². The van der Waals surface area contributed by atoms with Crippen molar-refractivity contribution in [3.8, 4) is 0 Å². The first-order chi connectivity index (χ1) is 6.33. The fourth-order valence-corrected chi connectivity index (χ4v) is 1.58. The smallest absolute Gasteiger partial charge is 0.139 e. The van der Waals surface area contributed by atoms with E-state index in [-0.39, 0.29) is 0 Å². The van der Waals surface area contributed by atoms with Crippen molar-refractivity contribution in [3.63, 3.8) is 0 Å². The summed E-state index contributed by atoms with van der Waals surface area (Å²) >= 11 is 0. The summed E-state index contributed by atoms with van der Waals surface area (Å²) in [5, 5.41) is 0. The molecule has 0 aliphatic heterocycles. The van der Waals surface area contributed by atoms with Crippen LogP contribution in [0.2, 0.25) is 0 Å². The molecular weight excluding hydrogens is 182 g/mol. The molecule has 1 rings (SSSR count). The van der Waals surface area contributed by atoms with E-state index in [9.17, 15) is 4.21 Å². The second-order valence-corrected chi connectivity index (χ2v) is 3.93. The van der Waals surface area contributed by atoms with E-state index in [4.69, 9.17) is 0 Å². The molecule has 0 fully saturated rings. The molecule has 3 heteroatoms. The van der Waals surface area contributed by atoms with E-state index in [0.29, 0.717) is 5.75 Å². The van der Waals surface area contributed by atoms with Crippen molar-refractivity contribution in [1.29, 1.82) is 0 Å². The zero-order valence-corrected chi connectivity index (χ0v) is 8.46. The lowest BCUT2D eigenvalue weighted by molar-refractivity contribution is 0.683. The van der Waals surface area contributed by atoms with Gasteiger partial charge in [-0.1, -0.05) is 37.3 Å². The molecule has 70 valence electrons. The van der Waals surface area contributed by atoms with Gasteiger partial charge in [-0.3, -0.25) is 0 Å². The number of rotatable bonds is 4. The highest BCUT2D eigenvalue weighted by atomic mass is 32.2. The molecule has 0 aliphatic carbocycles. The Kier molecular flexibility index (Phi) is 4.40. The highest BCUT2D eigenvalue weighted by Gasteiger charge is 1.91. The lowest BCUT2D eigenvalue weighted by Crippen LogP contribution is -1.92. The van der Waals surface area contributed by atoms with E-state index in [1.165, 1.54) is 0 Å². The van der Waals surface area contributed by atoms with Crippen LogP contribution in [0.4, 0.5) is 0 Å². The third-order valence-electron chi connectivity index (χ3n) is 1.50. The van der Waals surface area contributed by atoms with Gasteiger partial charge in [-0.2, -0.15) is 4.40 Å². The lowest BCUT2D eigenvalue weighted by Gasteiger charge is -1.91. The van der Waals surface area contributed by atoms with Crippen LogP contribution in [0.3, 0.4) is 0 Å². The molecule has 0 N–H and O–H groups in total. The van der Waals surface area contributed by atoms with Crippen molar-refractivity contribution in [2.45, 2.75) is 13.3 Å². The lowest BCUT2D eigenvalue weighted by atomic mass is 10.2.